The number of amides is 1. The number of nitriles is 1. The van der Waals surface area contributed by atoms with Gasteiger partial charge in [-0.15, -0.1) is 11.6 Å². The molecule has 0 aromatic heterocycles. The second kappa shape index (κ2) is 5.23. The number of hydrogen-bond donors (Lipinski definition) is 1. The standard InChI is InChI=1S/C10H9ClN2O2/c1-15-9-3-2-8(4-7(9)6-12)13-10(14)5-11/h2-4H,5H2,1H3,(H,13,14). The molecule has 0 saturated heterocycles. The number of alkyl halides is 1. The van der Waals surface area contributed by atoms with Crippen molar-refractivity contribution >= 4 is 23.2 Å². The van der Waals surface area contributed by atoms with Crippen LogP contribution in [0.5, 0.6) is 5.75 Å². The summed E-state index contributed by atoms with van der Waals surface area (Å²) in [5, 5.41) is 11.3. The van der Waals surface area contributed by atoms with Gasteiger partial charge in [-0.05, 0) is 18.2 Å². The smallest absolute Gasteiger partial charge is 0.239 e. The van der Waals surface area contributed by atoms with Crippen LogP contribution >= 0.6 is 11.6 Å². The fraction of sp³-hybridized carbons (Fsp3) is 0.200. The molecule has 0 fully saturated rings. The molecule has 1 amide bonds. The molecule has 0 aliphatic rings. The highest BCUT2D eigenvalue weighted by molar-refractivity contribution is 6.29. The zero-order valence-corrected chi connectivity index (χ0v) is 8.84. The molecular weight excluding hydrogens is 216 g/mol. The lowest BCUT2D eigenvalue weighted by Crippen LogP contribution is -2.12. The van der Waals surface area contributed by atoms with Crippen molar-refractivity contribution in [3.63, 3.8) is 0 Å². The summed E-state index contributed by atoms with van der Waals surface area (Å²) in [7, 11) is 1.48. The van der Waals surface area contributed by atoms with Gasteiger partial charge in [-0.3, -0.25) is 4.79 Å². The van der Waals surface area contributed by atoms with Crippen molar-refractivity contribution in [2.75, 3.05) is 18.3 Å². The number of carbonyl (C=O) groups is 1. The van der Waals surface area contributed by atoms with E-state index in [1.165, 1.54) is 13.2 Å². The predicted octanol–water partition coefficient (Wildman–Crippen LogP) is 1.74. The van der Waals surface area contributed by atoms with Gasteiger partial charge in [0.25, 0.3) is 0 Å². The number of nitrogens with zero attached hydrogens (tertiary/aromatic N) is 1. The number of ether oxygens (including phenoxy) is 1. The molecule has 15 heavy (non-hydrogen) atoms. The highest BCUT2D eigenvalue weighted by Crippen LogP contribution is 2.21. The molecule has 0 spiro atoms. The summed E-state index contributed by atoms with van der Waals surface area (Å²) in [5.41, 5.74) is 0.892. The molecule has 0 aliphatic heterocycles. The molecule has 1 N–H and O–H groups in total. The Kier molecular flexibility index (Phi) is 3.95. The Morgan fingerprint density at radius 3 is 2.93 bits per heavy atom. The number of rotatable bonds is 3. The van der Waals surface area contributed by atoms with Crippen molar-refractivity contribution in [1.82, 2.24) is 0 Å². The minimum absolute atomic E-state index is 0.117. The number of nitrogens with one attached hydrogen (secondary N) is 1. The molecule has 0 radical (unpaired) electrons. The summed E-state index contributed by atoms with van der Waals surface area (Å²) in [6.45, 7) is 0. The van der Waals surface area contributed by atoms with E-state index in [2.05, 4.69) is 5.32 Å². The van der Waals surface area contributed by atoms with E-state index >= 15 is 0 Å². The van der Waals surface area contributed by atoms with E-state index in [0.29, 0.717) is 17.0 Å². The number of halogens is 1. The normalized spacial score (nSPS) is 9.13. The zero-order chi connectivity index (χ0) is 11.3. The van der Waals surface area contributed by atoms with E-state index in [1.54, 1.807) is 12.1 Å². The topological polar surface area (TPSA) is 62.1 Å². The van der Waals surface area contributed by atoms with Gasteiger partial charge >= 0.3 is 0 Å². The Labute approximate surface area is 92.4 Å². The van der Waals surface area contributed by atoms with Crippen LogP contribution in [0.3, 0.4) is 0 Å². The summed E-state index contributed by atoms with van der Waals surface area (Å²) in [6.07, 6.45) is 0. The molecule has 1 aromatic rings. The number of benzene rings is 1. The number of methoxy groups -OCH3 is 1. The van der Waals surface area contributed by atoms with Gasteiger partial charge < -0.3 is 10.1 Å². The summed E-state index contributed by atoms with van der Waals surface area (Å²) >= 11 is 5.33. The van der Waals surface area contributed by atoms with E-state index in [1.807, 2.05) is 6.07 Å². The van der Waals surface area contributed by atoms with Crippen molar-refractivity contribution < 1.29 is 9.53 Å². The first kappa shape index (κ1) is 11.3. The third-order valence-electron chi connectivity index (χ3n) is 1.73. The summed E-state index contributed by atoms with van der Waals surface area (Å²) in [4.78, 5) is 11.0. The molecule has 0 aliphatic carbocycles. The third-order valence-corrected chi connectivity index (χ3v) is 1.97. The maximum absolute atomic E-state index is 11.0. The largest absolute Gasteiger partial charge is 0.495 e. The van der Waals surface area contributed by atoms with Crippen molar-refractivity contribution in [1.29, 1.82) is 5.26 Å². The Bertz CT molecular complexity index is 412. The molecule has 0 unspecified atom stereocenters. The molecule has 0 bridgehead atoms. The highest BCUT2D eigenvalue weighted by atomic mass is 35.5. The Balaban J connectivity index is 2.94. The van der Waals surface area contributed by atoms with Gasteiger partial charge in [0.2, 0.25) is 5.91 Å². The SMILES string of the molecule is COc1ccc(NC(=O)CCl)cc1C#N. The highest BCUT2D eigenvalue weighted by Gasteiger charge is 2.05. The molecule has 5 heteroatoms. The lowest BCUT2D eigenvalue weighted by atomic mass is 10.2. The van der Waals surface area contributed by atoms with Gasteiger partial charge in [-0.2, -0.15) is 5.26 Å². The number of hydrogen-bond acceptors (Lipinski definition) is 3. The molecule has 0 heterocycles. The molecule has 78 valence electrons. The van der Waals surface area contributed by atoms with E-state index in [9.17, 15) is 4.79 Å². The van der Waals surface area contributed by atoms with E-state index < -0.39 is 0 Å². The number of anilines is 1. The molecule has 1 aromatic carbocycles. The molecule has 0 saturated carbocycles. The minimum atomic E-state index is -0.314. The second-order valence-electron chi connectivity index (χ2n) is 2.71. The molecule has 0 atom stereocenters. The van der Waals surface area contributed by atoms with Crippen molar-refractivity contribution in [3.8, 4) is 11.8 Å². The quantitative estimate of drug-likeness (QED) is 0.796. The lowest BCUT2D eigenvalue weighted by Gasteiger charge is -2.06. The molecule has 1 rings (SSSR count). The maximum atomic E-state index is 11.0. The first-order valence-corrected chi connectivity index (χ1v) is 4.68. The van der Waals surface area contributed by atoms with Crippen LogP contribution in [-0.4, -0.2) is 18.9 Å². The van der Waals surface area contributed by atoms with Gasteiger partial charge in [-0.25, -0.2) is 0 Å². The van der Waals surface area contributed by atoms with Gasteiger partial charge in [0, 0.05) is 5.69 Å². The number of carbonyl (C=O) groups excluding carboxylic acids is 1. The Hall–Kier alpha value is -1.73. The lowest BCUT2D eigenvalue weighted by molar-refractivity contribution is -0.113. The van der Waals surface area contributed by atoms with Crippen molar-refractivity contribution in [2.45, 2.75) is 0 Å². The van der Waals surface area contributed by atoms with Crippen LogP contribution in [-0.2, 0) is 4.79 Å². The van der Waals surface area contributed by atoms with Crippen LogP contribution in [0.15, 0.2) is 18.2 Å². The van der Waals surface area contributed by atoms with Gasteiger partial charge in [0.05, 0.1) is 12.7 Å². The Morgan fingerprint density at radius 2 is 2.40 bits per heavy atom. The van der Waals surface area contributed by atoms with Gasteiger partial charge in [-0.1, -0.05) is 0 Å². The minimum Gasteiger partial charge on any atom is -0.495 e. The zero-order valence-electron chi connectivity index (χ0n) is 8.08. The van der Waals surface area contributed by atoms with Crippen LogP contribution in [0, 0.1) is 11.3 Å². The third kappa shape index (κ3) is 2.86. The summed E-state index contributed by atoms with van der Waals surface area (Å²) < 4.78 is 4.96. The van der Waals surface area contributed by atoms with Crippen molar-refractivity contribution in [3.05, 3.63) is 23.8 Å². The van der Waals surface area contributed by atoms with Crippen LogP contribution in [0.25, 0.3) is 0 Å². The van der Waals surface area contributed by atoms with E-state index in [0.717, 1.165) is 0 Å². The fourth-order valence-electron chi connectivity index (χ4n) is 1.07. The molecule has 4 nitrogen and oxygen atoms in total. The van der Waals surface area contributed by atoms with E-state index in [-0.39, 0.29) is 11.8 Å². The van der Waals surface area contributed by atoms with Crippen LogP contribution < -0.4 is 10.1 Å². The van der Waals surface area contributed by atoms with Crippen LogP contribution in [0.1, 0.15) is 5.56 Å². The van der Waals surface area contributed by atoms with Crippen LogP contribution in [0.2, 0.25) is 0 Å². The average molecular weight is 225 g/mol. The van der Waals surface area contributed by atoms with Gasteiger partial charge in [0.15, 0.2) is 0 Å². The second-order valence-corrected chi connectivity index (χ2v) is 2.98. The van der Waals surface area contributed by atoms with E-state index in [4.69, 9.17) is 21.6 Å². The Morgan fingerprint density at radius 1 is 1.67 bits per heavy atom. The van der Waals surface area contributed by atoms with Crippen LogP contribution in [0.4, 0.5) is 5.69 Å². The average Bonchev–Trinajstić information content (AvgIpc) is 2.28. The summed E-state index contributed by atoms with van der Waals surface area (Å²) in [6, 6.07) is 6.76. The first-order chi connectivity index (χ1) is 7.21. The molecular formula is C10H9ClN2O2. The fourth-order valence-corrected chi connectivity index (χ4v) is 1.13. The van der Waals surface area contributed by atoms with Gasteiger partial charge in [0.1, 0.15) is 17.7 Å². The predicted molar refractivity (Wildman–Crippen MR) is 57.1 cm³/mol. The first-order valence-electron chi connectivity index (χ1n) is 4.15. The monoisotopic (exact) mass is 224 g/mol. The maximum Gasteiger partial charge on any atom is 0.239 e. The summed E-state index contributed by atoms with van der Waals surface area (Å²) in [5.74, 6) is 0.0422. The van der Waals surface area contributed by atoms with Crippen molar-refractivity contribution in [2.24, 2.45) is 0 Å².